The largest absolute Gasteiger partial charge is 0.343 e. The van der Waals surface area contributed by atoms with Crippen LogP contribution in [0.3, 0.4) is 0 Å². The molecule has 5 heteroatoms. The fraction of sp³-hybridized carbons (Fsp3) is 0.600. The molecule has 0 bridgehead atoms. The molecule has 2 amide bonds. The van der Waals surface area contributed by atoms with Crippen molar-refractivity contribution in [2.75, 3.05) is 6.54 Å². The van der Waals surface area contributed by atoms with Crippen molar-refractivity contribution in [3.8, 4) is 0 Å². The van der Waals surface area contributed by atoms with Crippen molar-refractivity contribution in [2.24, 2.45) is 0 Å². The van der Waals surface area contributed by atoms with Crippen LogP contribution in [-0.4, -0.2) is 29.3 Å². The van der Waals surface area contributed by atoms with Gasteiger partial charge in [0, 0.05) is 4.88 Å². The first kappa shape index (κ1) is 15.0. The van der Waals surface area contributed by atoms with E-state index in [1.54, 1.807) is 16.2 Å². The normalized spacial score (nSPS) is 20.9. The number of hydrogen-bond acceptors (Lipinski definition) is 3. The topological polar surface area (TPSA) is 49.4 Å². The fourth-order valence-electron chi connectivity index (χ4n) is 2.69. The van der Waals surface area contributed by atoms with Gasteiger partial charge in [-0.1, -0.05) is 32.8 Å². The van der Waals surface area contributed by atoms with Crippen molar-refractivity contribution in [1.29, 1.82) is 0 Å². The zero-order chi connectivity index (χ0) is 14.5. The molecule has 1 fully saturated rings. The van der Waals surface area contributed by atoms with Crippen LogP contribution < -0.4 is 5.32 Å². The molecule has 0 radical (unpaired) electrons. The molecule has 2 unspecified atom stereocenters. The van der Waals surface area contributed by atoms with Crippen molar-refractivity contribution in [3.63, 3.8) is 0 Å². The monoisotopic (exact) mass is 294 g/mol. The van der Waals surface area contributed by atoms with Gasteiger partial charge in [-0.25, -0.2) is 0 Å². The molecule has 4 nitrogen and oxygen atoms in total. The average molecular weight is 294 g/mol. The third kappa shape index (κ3) is 3.20. The van der Waals surface area contributed by atoms with Gasteiger partial charge in [0.2, 0.25) is 11.8 Å². The molecular weight excluding hydrogens is 272 g/mol. The molecule has 0 saturated carbocycles. The van der Waals surface area contributed by atoms with Crippen LogP contribution in [0.1, 0.15) is 50.4 Å². The Kier molecular flexibility index (Phi) is 5.17. The maximum Gasteiger partial charge on any atom is 0.246 e. The first-order chi connectivity index (χ1) is 9.67. The summed E-state index contributed by atoms with van der Waals surface area (Å²) in [5.74, 6) is 0.0269. The van der Waals surface area contributed by atoms with Gasteiger partial charge in [0.05, 0.1) is 6.04 Å². The summed E-state index contributed by atoms with van der Waals surface area (Å²) in [6.07, 6.45) is 3.50. The average Bonchev–Trinajstić information content (AvgIpc) is 2.94. The number of carbonyl (C=O) groups excluding carboxylic acids is 2. The van der Waals surface area contributed by atoms with Gasteiger partial charge in [-0.15, -0.1) is 11.3 Å². The van der Waals surface area contributed by atoms with Gasteiger partial charge >= 0.3 is 0 Å². The Morgan fingerprint density at radius 1 is 1.40 bits per heavy atom. The summed E-state index contributed by atoms with van der Waals surface area (Å²) in [6.45, 7) is 4.32. The van der Waals surface area contributed by atoms with Gasteiger partial charge < -0.3 is 10.2 Å². The summed E-state index contributed by atoms with van der Waals surface area (Å²) in [5.41, 5.74) is 0. The molecule has 1 aromatic rings. The molecule has 1 aromatic heterocycles. The molecule has 0 aliphatic carbocycles. The van der Waals surface area contributed by atoms with Gasteiger partial charge in [0.15, 0.2) is 0 Å². The number of nitrogens with one attached hydrogen (secondary N) is 1. The molecule has 2 atom stereocenters. The smallest absolute Gasteiger partial charge is 0.246 e. The predicted molar refractivity (Wildman–Crippen MR) is 80.5 cm³/mol. The van der Waals surface area contributed by atoms with Crippen LogP contribution in [0.4, 0.5) is 0 Å². The summed E-state index contributed by atoms with van der Waals surface area (Å²) in [5, 5.41) is 4.84. The number of rotatable bonds is 6. The number of amides is 2. The lowest BCUT2D eigenvalue weighted by molar-refractivity contribution is -0.147. The summed E-state index contributed by atoms with van der Waals surface area (Å²) >= 11 is 1.66. The van der Waals surface area contributed by atoms with Crippen molar-refractivity contribution in [1.82, 2.24) is 10.2 Å². The van der Waals surface area contributed by atoms with Crippen molar-refractivity contribution in [2.45, 2.75) is 51.6 Å². The van der Waals surface area contributed by atoms with E-state index >= 15 is 0 Å². The zero-order valence-electron chi connectivity index (χ0n) is 12.1. The first-order valence-electron chi connectivity index (χ1n) is 7.30. The molecule has 0 spiro atoms. The Morgan fingerprint density at radius 3 is 2.80 bits per heavy atom. The molecule has 2 heterocycles. The van der Waals surface area contributed by atoms with Crippen molar-refractivity contribution in [3.05, 3.63) is 22.4 Å². The molecule has 1 aliphatic heterocycles. The first-order valence-corrected chi connectivity index (χ1v) is 8.18. The van der Waals surface area contributed by atoms with Gasteiger partial charge in [0.1, 0.15) is 12.6 Å². The lowest BCUT2D eigenvalue weighted by atomic mass is 10.0. The third-order valence-electron chi connectivity index (χ3n) is 3.62. The van der Waals surface area contributed by atoms with E-state index in [1.807, 2.05) is 18.4 Å². The number of carbonyl (C=O) groups is 2. The highest BCUT2D eigenvalue weighted by atomic mass is 32.1. The van der Waals surface area contributed by atoms with E-state index in [0.29, 0.717) is 6.42 Å². The molecule has 0 aromatic carbocycles. The Hall–Kier alpha value is -1.36. The van der Waals surface area contributed by atoms with E-state index in [1.165, 1.54) is 4.88 Å². The highest BCUT2D eigenvalue weighted by Gasteiger charge is 2.36. The van der Waals surface area contributed by atoms with Crippen molar-refractivity contribution < 1.29 is 9.59 Å². The van der Waals surface area contributed by atoms with Gasteiger partial charge in [-0.05, 0) is 24.3 Å². The third-order valence-corrected chi connectivity index (χ3v) is 4.59. The molecule has 20 heavy (non-hydrogen) atoms. The van der Waals surface area contributed by atoms with Crippen molar-refractivity contribution >= 4 is 23.2 Å². The molecular formula is C15H22N2O2S. The zero-order valence-corrected chi connectivity index (χ0v) is 12.9. The van der Waals surface area contributed by atoms with E-state index in [9.17, 15) is 9.59 Å². The minimum absolute atomic E-state index is 0.0397. The van der Waals surface area contributed by atoms with Crippen LogP contribution >= 0.6 is 11.3 Å². The van der Waals surface area contributed by atoms with Crippen LogP contribution in [0.25, 0.3) is 0 Å². The molecule has 110 valence electrons. The van der Waals surface area contributed by atoms with E-state index in [-0.39, 0.29) is 30.4 Å². The van der Waals surface area contributed by atoms with Gasteiger partial charge in [0.25, 0.3) is 0 Å². The fourth-order valence-corrected chi connectivity index (χ4v) is 3.56. The molecule has 1 saturated heterocycles. The Bertz CT molecular complexity index is 458. The minimum atomic E-state index is -0.347. The second-order valence-corrected chi connectivity index (χ2v) is 6.17. The summed E-state index contributed by atoms with van der Waals surface area (Å²) in [4.78, 5) is 27.4. The number of nitrogens with zero attached hydrogens (tertiary/aromatic N) is 1. The summed E-state index contributed by atoms with van der Waals surface area (Å²) in [7, 11) is 0. The maximum absolute atomic E-state index is 12.6. The lowest BCUT2D eigenvalue weighted by Crippen LogP contribution is -2.58. The van der Waals surface area contributed by atoms with Crippen LogP contribution in [0.15, 0.2) is 17.5 Å². The van der Waals surface area contributed by atoms with Crippen LogP contribution in [0.2, 0.25) is 0 Å². The van der Waals surface area contributed by atoms with E-state index < -0.39 is 0 Å². The molecule has 1 aliphatic rings. The van der Waals surface area contributed by atoms with Gasteiger partial charge in [-0.3, -0.25) is 9.59 Å². The standard InChI is InChI=1S/C15H22N2O2S/c1-3-6-11-15(19)17(10-14(18)16-11)12(7-4-2)13-8-5-9-20-13/h5,8-9,11-12H,3-4,6-7,10H2,1-2H3,(H,16,18). The second kappa shape index (κ2) is 6.88. The molecule has 2 rings (SSSR count). The second-order valence-electron chi connectivity index (χ2n) is 5.19. The van der Waals surface area contributed by atoms with Crippen LogP contribution in [-0.2, 0) is 9.59 Å². The highest BCUT2D eigenvalue weighted by Crippen LogP contribution is 2.31. The Morgan fingerprint density at radius 2 is 2.20 bits per heavy atom. The van der Waals surface area contributed by atoms with E-state index in [4.69, 9.17) is 0 Å². The van der Waals surface area contributed by atoms with Crippen LogP contribution in [0, 0.1) is 0 Å². The van der Waals surface area contributed by atoms with Gasteiger partial charge in [-0.2, -0.15) is 0 Å². The van der Waals surface area contributed by atoms with Crippen LogP contribution in [0.5, 0.6) is 0 Å². The summed E-state index contributed by atoms with van der Waals surface area (Å²) in [6, 6.07) is 3.75. The molecule has 1 N–H and O–H groups in total. The Labute approximate surface area is 124 Å². The van der Waals surface area contributed by atoms with E-state index in [2.05, 4.69) is 18.3 Å². The lowest BCUT2D eigenvalue weighted by Gasteiger charge is -2.37. The minimum Gasteiger partial charge on any atom is -0.343 e. The Balaban J connectivity index is 2.22. The predicted octanol–water partition coefficient (Wildman–Crippen LogP) is 2.72. The highest BCUT2D eigenvalue weighted by molar-refractivity contribution is 7.10. The van der Waals surface area contributed by atoms with E-state index in [0.717, 1.165) is 19.3 Å². The number of piperazine rings is 1. The quantitative estimate of drug-likeness (QED) is 0.877. The maximum atomic E-state index is 12.6. The SMILES string of the molecule is CCCC1NC(=O)CN(C(CCC)c2cccs2)C1=O. The number of thiophene rings is 1. The summed E-state index contributed by atoms with van der Waals surface area (Å²) < 4.78 is 0. The number of hydrogen-bond donors (Lipinski definition) is 1.